The molecule has 74 valence electrons. The summed E-state index contributed by atoms with van der Waals surface area (Å²) in [6.45, 7) is 5.34. The van der Waals surface area contributed by atoms with Gasteiger partial charge in [0.2, 0.25) is 0 Å². The van der Waals surface area contributed by atoms with E-state index in [4.69, 9.17) is 0 Å². The fourth-order valence-electron chi connectivity index (χ4n) is 1.45. The second-order valence-corrected chi connectivity index (χ2v) is 3.47. The number of rotatable bonds is 6. The highest BCUT2D eigenvalue weighted by atomic mass is 15.3. The van der Waals surface area contributed by atoms with Gasteiger partial charge >= 0.3 is 0 Å². The van der Waals surface area contributed by atoms with Crippen molar-refractivity contribution in [3.8, 4) is 0 Å². The van der Waals surface area contributed by atoms with Crippen molar-refractivity contribution >= 4 is 0 Å². The maximum atomic E-state index is 4.44. The van der Waals surface area contributed by atoms with Crippen LogP contribution < -0.4 is 0 Å². The van der Waals surface area contributed by atoms with Gasteiger partial charge in [-0.05, 0) is 25.8 Å². The second kappa shape index (κ2) is 5.79. The summed E-state index contributed by atoms with van der Waals surface area (Å²) in [5.74, 6) is 0. The van der Waals surface area contributed by atoms with Gasteiger partial charge < -0.3 is 0 Å². The van der Waals surface area contributed by atoms with Crippen LogP contribution in [0.3, 0.4) is 0 Å². The van der Waals surface area contributed by atoms with E-state index in [-0.39, 0.29) is 0 Å². The first-order valence-electron chi connectivity index (χ1n) is 5.39. The molecule has 0 atom stereocenters. The lowest BCUT2D eigenvalue weighted by molar-refractivity contribution is 0.623. The highest BCUT2D eigenvalue weighted by Gasteiger charge is 1.96. The third-order valence-electron chi connectivity index (χ3n) is 2.31. The molecule has 0 aromatic carbocycles. The number of nitrogens with zero attached hydrogens (tertiary/aromatic N) is 2. The van der Waals surface area contributed by atoms with Crippen LogP contribution in [-0.2, 0) is 13.0 Å². The molecule has 0 N–H and O–H groups in total. The van der Waals surface area contributed by atoms with E-state index in [1.165, 1.54) is 31.4 Å². The molecule has 0 unspecified atom stereocenters. The molecule has 0 amide bonds. The molecule has 1 aromatic rings. The van der Waals surface area contributed by atoms with Crippen molar-refractivity contribution in [1.82, 2.24) is 9.78 Å². The number of aromatic nitrogens is 2. The quantitative estimate of drug-likeness (QED) is 0.615. The van der Waals surface area contributed by atoms with E-state index in [0.29, 0.717) is 0 Å². The summed E-state index contributed by atoms with van der Waals surface area (Å²) in [6, 6.07) is 2.13. The van der Waals surface area contributed by atoms with Crippen molar-refractivity contribution in [2.75, 3.05) is 0 Å². The highest BCUT2D eigenvalue weighted by molar-refractivity contribution is 4.98. The summed E-state index contributed by atoms with van der Waals surface area (Å²) in [4.78, 5) is 0. The van der Waals surface area contributed by atoms with Gasteiger partial charge in [0, 0.05) is 12.7 Å². The van der Waals surface area contributed by atoms with Crippen LogP contribution in [-0.4, -0.2) is 9.78 Å². The number of unbranched alkanes of at least 4 members (excludes halogenated alkanes) is 3. The predicted molar refractivity (Wildman–Crippen MR) is 55.7 cm³/mol. The minimum Gasteiger partial charge on any atom is -0.273 e. The van der Waals surface area contributed by atoms with Crippen molar-refractivity contribution in [3.63, 3.8) is 0 Å². The van der Waals surface area contributed by atoms with Gasteiger partial charge in [-0.2, -0.15) is 5.10 Å². The van der Waals surface area contributed by atoms with Gasteiger partial charge in [-0.1, -0.05) is 26.2 Å². The van der Waals surface area contributed by atoms with Gasteiger partial charge in [0.1, 0.15) is 0 Å². The third kappa shape index (κ3) is 3.62. The van der Waals surface area contributed by atoms with Crippen LogP contribution in [0.2, 0.25) is 0 Å². The smallest absolute Gasteiger partial charge is 0.0624 e. The minimum atomic E-state index is 0.981. The maximum Gasteiger partial charge on any atom is 0.0624 e. The van der Waals surface area contributed by atoms with Gasteiger partial charge in [0.05, 0.1) is 5.69 Å². The first-order valence-corrected chi connectivity index (χ1v) is 5.39. The molecule has 0 saturated heterocycles. The van der Waals surface area contributed by atoms with Crippen molar-refractivity contribution in [2.45, 2.75) is 52.5 Å². The zero-order valence-electron chi connectivity index (χ0n) is 8.79. The highest BCUT2D eigenvalue weighted by Crippen LogP contribution is 2.05. The number of hydrogen-bond acceptors (Lipinski definition) is 1. The second-order valence-electron chi connectivity index (χ2n) is 3.47. The van der Waals surface area contributed by atoms with Crippen molar-refractivity contribution < 1.29 is 0 Å². The molecule has 1 heterocycles. The Morgan fingerprint density at radius 2 is 2.08 bits per heavy atom. The van der Waals surface area contributed by atoms with E-state index in [2.05, 4.69) is 31.2 Å². The van der Waals surface area contributed by atoms with E-state index in [1.807, 2.05) is 4.68 Å². The fourth-order valence-corrected chi connectivity index (χ4v) is 1.45. The van der Waals surface area contributed by atoms with Crippen molar-refractivity contribution in [2.24, 2.45) is 0 Å². The standard InChI is InChI=1S/C11H20N2/c1-3-5-6-7-8-11-9-10-13(4-2)12-11/h9-10H,3-8H2,1-2H3. The molecule has 0 aliphatic heterocycles. The molecule has 1 aromatic heterocycles. The van der Waals surface area contributed by atoms with Crippen LogP contribution in [0.1, 0.15) is 45.2 Å². The number of hydrogen-bond donors (Lipinski definition) is 0. The molecule has 0 radical (unpaired) electrons. The number of aryl methyl sites for hydroxylation is 2. The van der Waals surface area contributed by atoms with Crippen molar-refractivity contribution in [1.29, 1.82) is 0 Å². The van der Waals surface area contributed by atoms with Crippen LogP contribution in [0.4, 0.5) is 0 Å². The van der Waals surface area contributed by atoms with Crippen LogP contribution in [0.5, 0.6) is 0 Å². The lowest BCUT2D eigenvalue weighted by Gasteiger charge is -1.96. The lowest BCUT2D eigenvalue weighted by Crippen LogP contribution is -1.95. The Bertz CT molecular complexity index is 228. The predicted octanol–water partition coefficient (Wildman–Crippen LogP) is 3.03. The Morgan fingerprint density at radius 3 is 2.69 bits per heavy atom. The van der Waals surface area contributed by atoms with Crippen LogP contribution >= 0.6 is 0 Å². The molecule has 0 spiro atoms. The van der Waals surface area contributed by atoms with Crippen molar-refractivity contribution in [3.05, 3.63) is 18.0 Å². The van der Waals surface area contributed by atoms with Crippen LogP contribution in [0, 0.1) is 0 Å². The Labute approximate surface area is 81.0 Å². The SMILES string of the molecule is CCCCCCc1ccn(CC)n1. The Kier molecular flexibility index (Phi) is 4.58. The maximum absolute atomic E-state index is 4.44. The first-order chi connectivity index (χ1) is 6.36. The summed E-state index contributed by atoms with van der Waals surface area (Å²) in [5, 5.41) is 4.44. The molecule has 2 nitrogen and oxygen atoms in total. The Hall–Kier alpha value is -0.790. The summed E-state index contributed by atoms with van der Waals surface area (Å²) in [7, 11) is 0. The van der Waals surface area contributed by atoms with E-state index >= 15 is 0 Å². The average Bonchev–Trinajstić information content (AvgIpc) is 2.60. The molecule has 13 heavy (non-hydrogen) atoms. The molecular weight excluding hydrogens is 160 g/mol. The first kappa shape index (κ1) is 10.3. The normalized spacial score (nSPS) is 10.6. The average molecular weight is 180 g/mol. The largest absolute Gasteiger partial charge is 0.273 e. The molecular formula is C11H20N2. The molecule has 0 aliphatic rings. The molecule has 2 heteroatoms. The van der Waals surface area contributed by atoms with Crippen LogP contribution in [0.15, 0.2) is 12.3 Å². The monoisotopic (exact) mass is 180 g/mol. The van der Waals surface area contributed by atoms with Gasteiger partial charge in [-0.25, -0.2) is 0 Å². The molecule has 0 bridgehead atoms. The summed E-state index contributed by atoms with van der Waals surface area (Å²) in [5.41, 5.74) is 1.25. The van der Waals surface area contributed by atoms with E-state index in [9.17, 15) is 0 Å². The Morgan fingerprint density at radius 1 is 1.23 bits per heavy atom. The lowest BCUT2D eigenvalue weighted by atomic mass is 10.1. The molecule has 0 saturated carbocycles. The summed E-state index contributed by atoms with van der Waals surface area (Å²) < 4.78 is 2.00. The van der Waals surface area contributed by atoms with E-state index < -0.39 is 0 Å². The van der Waals surface area contributed by atoms with Gasteiger partial charge in [0.25, 0.3) is 0 Å². The Balaban J connectivity index is 2.20. The molecule has 0 fully saturated rings. The van der Waals surface area contributed by atoms with Gasteiger partial charge in [-0.3, -0.25) is 4.68 Å². The van der Waals surface area contributed by atoms with E-state index in [1.54, 1.807) is 0 Å². The molecule has 0 aliphatic carbocycles. The van der Waals surface area contributed by atoms with Crippen LogP contribution in [0.25, 0.3) is 0 Å². The summed E-state index contributed by atoms with van der Waals surface area (Å²) >= 11 is 0. The summed E-state index contributed by atoms with van der Waals surface area (Å²) in [6.07, 6.45) is 8.50. The third-order valence-corrected chi connectivity index (χ3v) is 2.31. The minimum absolute atomic E-state index is 0.981. The fraction of sp³-hybridized carbons (Fsp3) is 0.727. The zero-order valence-corrected chi connectivity index (χ0v) is 8.79. The van der Waals surface area contributed by atoms with Gasteiger partial charge in [0.15, 0.2) is 0 Å². The van der Waals surface area contributed by atoms with E-state index in [0.717, 1.165) is 13.0 Å². The topological polar surface area (TPSA) is 17.8 Å². The zero-order chi connectivity index (χ0) is 9.52. The molecule has 1 rings (SSSR count). The van der Waals surface area contributed by atoms with Gasteiger partial charge in [-0.15, -0.1) is 0 Å².